The molecule has 0 bridgehead atoms. The summed E-state index contributed by atoms with van der Waals surface area (Å²) in [6, 6.07) is 0. The summed E-state index contributed by atoms with van der Waals surface area (Å²) in [7, 11) is 0. The smallest absolute Gasteiger partial charge is 0.327 e. The van der Waals surface area contributed by atoms with E-state index in [0.717, 1.165) is 4.57 Å². The summed E-state index contributed by atoms with van der Waals surface area (Å²) >= 11 is 0. The highest BCUT2D eigenvalue weighted by atomic mass is 16.4. The third kappa shape index (κ3) is 2.80. The standard InChI is InChI=1S/C10H14N4O7/c15-2-4(17)6(18)3(16)1-14-7-5(11-10(14)21)8(19)13-9(20)12-7/h3-4,6,15-18H,1-2H2,(H,11,21)(H2,12,13,19,20)/t3-,4+,6-/m0/s1. The van der Waals surface area contributed by atoms with Crippen molar-refractivity contribution < 1.29 is 20.4 Å². The van der Waals surface area contributed by atoms with E-state index in [-0.39, 0.29) is 11.2 Å². The van der Waals surface area contributed by atoms with E-state index in [2.05, 4.69) is 9.97 Å². The van der Waals surface area contributed by atoms with Crippen molar-refractivity contribution in [3.63, 3.8) is 0 Å². The number of nitrogens with zero attached hydrogens (tertiary/aromatic N) is 1. The molecule has 21 heavy (non-hydrogen) atoms. The number of aliphatic hydroxyl groups is 4. The number of rotatable bonds is 5. The molecule has 0 amide bonds. The van der Waals surface area contributed by atoms with Gasteiger partial charge >= 0.3 is 11.4 Å². The van der Waals surface area contributed by atoms with Gasteiger partial charge < -0.3 is 20.4 Å². The van der Waals surface area contributed by atoms with Crippen molar-refractivity contribution in [2.75, 3.05) is 6.61 Å². The normalized spacial score (nSPS) is 16.0. The summed E-state index contributed by atoms with van der Waals surface area (Å²) in [6.07, 6.45) is -4.91. The molecule has 2 rings (SSSR count). The van der Waals surface area contributed by atoms with Crippen molar-refractivity contribution in [3.8, 4) is 0 Å². The molecule has 116 valence electrons. The van der Waals surface area contributed by atoms with Crippen LogP contribution in [0.3, 0.4) is 0 Å². The molecule has 11 heteroatoms. The Morgan fingerprint density at radius 3 is 2.29 bits per heavy atom. The minimum Gasteiger partial charge on any atom is -0.394 e. The molecule has 0 aliphatic rings. The average Bonchev–Trinajstić information content (AvgIpc) is 2.74. The SMILES string of the molecule is O=c1[nH]c(=O)c2[nH]c(=O)n(C[C@H](O)[C@H](O)[C@H](O)CO)c2[nH]1. The van der Waals surface area contributed by atoms with Gasteiger partial charge in [0.1, 0.15) is 24.0 Å². The zero-order valence-electron chi connectivity index (χ0n) is 10.6. The van der Waals surface area contributed by atoms with Gasteiger partial charge in [-0.25, -0.2) is 9.59 Å². The second kappa shape index (κ2) is 5.65. The Kier molecular flexibility index (Phi) is 4.09. The van der Waals surface area contributed by atoms with Crippen molar-refractivity contribution in [2.24, 2.45) is 0 Å². The van der Waals surface area contributed by atoms with Gasteiger partial charge in [0.2, 0.25) is 0 Å². The molecule has 0 radical (unpaired) electrons. The van der Waals surface area contributed by atoms with Crippen LogP contribution in [0, 0.1) is 0 Å². The second-order valence-corrected chi connectivity index (χ2v) is 4.48. The fourth-order valence-electron chi connectivity index (χ4n) is 1.90. The molecule has 11 nitrogen and oxygen atoms in total. The number of aromatic nitrogens is 4. The van der Waals surface area contributed by atoms with Crippen LogP contribution < -0.4 is 16.9 Å². The summed E-state index contributed by atoms with van der Waals surface area (Å²) in [5.41, 5.74) is -2.79. The van der Waals surface area contributed by atoms with Crippen molar-refractivity contribution in [2.45, 2.75) is 24.9 Å². The van der Waals surface area contributed by atoms with Gasteiger partial charge in [-0.15, -0.1) is 0 Å². The Bertz CT molecular complexity index is 800. The lowest BCUT2D eigenvalue weighted by Gasteiger charge is -2.21. The van der Waals surface area contributed by atoms with Gasteiger partial charge in [0, 0.05) is 0 Å². The maximum absolute atomic E-state index is 11.7. The van der Waals surface area contributed by atoms with Gasteiger partial charge in [0.25, 0.3) is 5.56 Å². The molecule has 0 saturated heterocycles. The first-order valence-electron chi connectivity index (χ1n) is 5.95. The minimum atomic E-state index is -1.71. The highest BCUT2D eigenvalue weighted by Gasteiger charge is 2.26. The lowest BCUT2D eigenvalue weighted by Crippen LogP contribution is -2.42. The molecule has 2 aromatic heterocycles. The summed E-state index contributed by atoms with van der Waals surface area (Å²) in [6.45, 7) is -1.28. The molecule has 3 atom stereocenters. The van der Waals surface area contributed by atoms with Crippen molar-refractivity contribution in [3.05, 3.63) is 31.3 Å². The summed E-state index contributed by atoms with van der Waals surface area (Å²) < 4.78 is 0.837. The largest absolute Gasteiger partial charge is 0.394 e. The van der Waals surface area contributed by atoms with Crippen LogP contribution in [0.15, 0.2) is 14.4 Å². The predicted molar refractivity (Wildman–Crippen MR) is 68.9 cm³/mol. The zero-order valence-corrected chi connectivity index (χ0v) is 10.6. The van der Waals surface area contributed by atoms with Gasteiger partial charge in [-0.1, -0.05) is 0 Å². The van der Waals surface area contributed by atoms with E-state index in [9.17, 15) is 29.7 Å². The van der Waals surface area contributed by atoms with Crippen LogP contribution in [0.1, 0.15) is 0 Å². The number of nitrogens with one attached hydrogen (secondary N) is 3. The number of H-pyrrole nitrogens is 3. The Morgan fingerprint density at radius 2 is 1.67 bits per heavy atom. The van der Waals surface area contributed by atoms with Crippen LogP contribution in [0.2, 0.25) is 0 Å². The zero-order chi connectivity index (χ0) is 15.7. The first-order valence-corrected chi connectivity index (χ1v) is 5.95. The fraction of sp³-hybridized carbons (Fsp3) is 0.500. The van der Waals surface area contributed by atoms with Gasteiger partial charge in [-0.05, 0) is 0 Å². The molecule has 7 N–H and O–H groups in total. The summed E-state index contributed by atoms with van der Waals surface area (Å²) in [5, 5.41) is 37.2. The predicted octanol–water partition coefficient (Wildman–Crippen LogP) is -4.22. The van der Waals surface area contributed by atoms with Gasteiger partial charge in [0.15, 0.2) is 5.52 Å². The first kappa shape index (κ1) is 15.2. The molecule has 0 spiro atoms. The Balaban J connectivity index is 2.43. The van der Waals surface area contributed by atoms with Crippen LogP contribution in [0.4, 0.5) is 0 Å². The lowest BCUT2D eigenvalue weighted by atomic mass is 10.1. The maximum atomic E-state index is 11.7. The van der Waals surface area contributed by atoms with Crippen LogP contribution in [0.25, 0.3) is 11.2 Å². The number of aromatic amines is 3. The van der Waals surface area contributed by atoms with E-state index in [0.29, 0.717) is 0 Å². The van der Waals surface area contributed by atoms with Crippen LogP contribution >= 0.6 is 0 Å². The van der Waals surface area contributed by atoms with E-state index in [1.807, 2.05) is 4.98 Å². The number of aliphatic hydroxyl groups excluding tert-OH is 4. The van der Waals surface area contributed by atoms with Gasteiger partial charge in [-0.2, -0.15) is 0 Å². The highest BCUT2D eigenvalue weighted by Crippen LogP contribution is 2.05. The molecule has 0 unspecified atom stereocenters. The molecule has 2 aromatic rings. The molecule has 0 aromatic carbocycles. The van der Waals surface area contributed by atoms with Gasteiger partial charge in [-0.3, -0.25) is 24.3 Å². The number of imidazole rings is 1. The molecule has 0 fully saturated rings. The molecule has 0 aliphatic carbocycles. The molecule has 0 saturated carbocycles. The van der Waals surface area contributed by atoms with Crippen LogP contribution in [-0.2, 0) is 6.54 Å². The quantitative estimate of drug-likeness (QED) is 0.291. The number of fused-ring (bicyclic) bond motifs is 1. The van der Waals surface area contributed by atoms with Crippen molar-refractivity contribution in [1.29, 1.82) is 0 Å². The Morgan fingerprint density at radius 1 is 1.00 bits per heavy atom. The van der Waals surface area contributed by atoms with Gasteiger partial charge in [0.05, 0.1) is 13.2 Å². The lowest BCUT2D eigenvalue weighted by molar-refractivity contribution is -0.0805. The summed E-state index contributed by atoms with van der Waals surface area (Å²) in [4.78, 5) is 40.8. The molecule has 2 heterocycles. The molecular weight excluding hydrogens is 288 g/mol. The maximum Gasteiger partial charge on any atom is 0.327 e. The van der Waals surface area contributed by atoms with E-state index >= 15 is 0 Å². The van der Waals surface area contributed by atoms with Crippen molar-refractivity contribution >= 4 is 11.2 Å². The number of hydrogen-bond acceptors (Lipinski definition) is 7. The van der Waals surface area contributed by atoms with E-state index in [1.54, 1.807) is 0 Å². The number of hydrogen-bond donors (Lipinski definition) is 7. The van der Waals surface area contributed by atoms with E-state index in [1.165, 1.54) is 0 Å². The fourth-order valence-corrected chi connectivity index (χ4v) is 1.90. The second-order valence-electron chi connectivity index (χ2n) is 4.48. The summed E-state index contributed by atoms with van der Waals surface area (Å²) in [5.74, 6) is 0. The highest BCUT2D eigenvalue weighted by molar-refractivity contribution is 5.68. The third-order valence-corrected chi connectivity index (χ3v) is 3.02. The van der Waals surface area contributed by atoms with E-state index < -0.39 is 48.4 Å². The molecule has 0 aliphatic heterocycles. The third-order valence-electron chi connectivity index (χ3n) is 3.02. The topological polar surface area (TPSA) is 184 Å². The minimum absolute atomic E-state index is 0.154. The van der Waals surface area contributed by atoms with E-state index in [4.69, 9.17) is 5.11 Å². The van der Waals surface area contributed by atoms with Crippen LogP contribution in [0.5, 0.6) is 0 Å². The first-order chi connectivity index (χ1) is 9.85. The Labute approximate surface area is 115 Å². The molecular formula is C10H14N4O7. The monoisotopic (exact) mass is 302 g/mol. The average molecular weight is 302 g/mol. The van der Waals surface area contributed by atoms with Crippen molar-refractivity contribution in [1.82, 2.24) is 19.5 Å². The Hall–Kier alpha value is -2.21. The van der Waals surface area contributed by atoms with Crippen LogP contribution in [-0.4, -0.2) is 64.9 Å².